The Morgan fingerprint density at radius 3 is 1.33 bits per heavy atom. The van der Waals surface area contributed by atoms with Crippen molar-refractivity contribution < 1.29 is 29.7 Å². The van der Waals surface area contributed by atoms with Crippen LogP contribution in [0.25, 0.3) is 0 Å². The molecule has 0 aromatic rings. The van der Waals surface area contributed by atoms with Crippen molar-refractivity contribution in [2.75, 3.05) is 5.88 Å². The summed E-state index contributed by atoms with van der Waals surface area (Å²) < 4.78 is 0. The van der Waals surface area contributed by atoms with Gasteiger partial charge in [-0.05, 0) is 6.42 Å². The molecule has 0 bridgehead atoms. The first-order valence-corrected chi connectivity index (χ1v) is 4.50. The SMILES string of the molecule is CC(=O)O.CCCC(=O)O.O=C(O)CCl. The van der Waals surface area contributed by atoms with Gasteiger partial charge in [-0.15, -0.1) is 11.6 Å². The standard InChI is InChI=1S/C4H8O2.C2H3ClO2.C2H4O2/c1-2-3-4(5)6;3-1-2(4)5;1-2(3)4/h2-3H2,1H3,(H,5,6);1H2,(H,4,5);1H3,(H,3,4). The summed E-state index contributed by atoms with van der Waals surface area (Å²) in [7, 11) is 0. The summed E-state index contributed by atoms with van der Waals surface area (Å²) in [5, 5.41) is 22.9. The average Bonchev–Trinajstić information content (AvgIpc) is 2.03. The minimum Gasteiger partial charge on any atom is -0.481 e. The lowest BCUT2D eigenvalue weighted by molar-refractivity contribution is -0.137. The normalized spacial score (nSPS) is 7.40. The first-order chi connectivity index (χ1) is 6.77. The van der Waals surface area contributed by atoms with Gasteiger partial charge in [0.1, 0.15) is 5.88 Å². The van der Waals surface area contributed by atoms with Crippen molar-refractivity contribution >= 4 is 29.5 Å². The van der Waals surface area contributed by atoms with Crippen molar-refractivity contribution in [1.82, 2.24) is 0 Å². The molecule has 0 rings (SSSR count). The highest BCUT2D eigenvalue weighted by Crippen LogP contribution is 1.82. The van der Waals surface area contributed by atoms with Crippen LogP contribution in [0, 0.1) is 0 Å². The van der Waals surface area contributed by atoms with Crippen LogP contribution in [0.1, 0.15) is 26.7 Å². The predicted molar refractivity (Wildman–Crippen MR) is 54.2 cm³/mol. The van der Waals surface area contributed by atoms with Crippen LogP contribution >= 0.6 is 11.6 Å². The van der Waals surface area contributed by atoms with Gasteiger partial charge in [0, 0.05) is 13.3 Å². The van der Waals surface area contributed by atoms with Gasteiger partial charge in [0.05, 0.1) is 0 Å². The fourth-order valence-electron chi connectivity index (χ4n) is 0.214. The summed E-state index contributed by atoms with van der Waals surface area (Å²) in [6.07, 6.45) is 1.02. The van der Waals surface area contributed by atoms with E-state index < -0.39 is 17.9 Å². The molecule has 0 fully saturated rings. The number of alkyl halides is 1. The van der Waals surface area contributed by atoms with Gasteiger partial charge < -0.3 is 15.3 Å². The molecule has 0 amide bonds. The van der Waals surface area contributed by atoms with Crippen LogP contribution in [0.3, 0.4) is 0 Å². The van der Waals surface area contributed by atoms with E-state index in [1.165, 1.54) is 0 Å². The number of halogens is 1. The van der Waals surface area contributed by atoms with Crippen LogP contribution in [-0.2, 0) is 14.4 Å². The van der Waals surface area contributed by atoms with E-state index >= 15 is 0 Å². The van der Waals surface area contributed by atoms with E-state index in [0.29, 0.717) is 6.42 Å². The highest BCUT2D eigenvalue weighted by Gasteiger charge is 1.87. The Labute approximate surface area is 92.5 Å². The molecular weight excluding hydrogens is 228 g/mol. The van der Waals surface area contributed by atoms with Gasteiger partial charge in [0.15, 0.2) is 0 Å². The zero-order valence-electron chi connectivity index (χ0n) is 8.57. The number of rotatable bonds is 3. The van der Waals surface area contributed by atoms with Crippen molar-refractivity contribution in [2.24, 2.45) is 0 Å². The quantitative estimate of drug-likeness (QED) is 0.643. The Balaban J connectivity index is -0.000000147. The predicted octanol–water partition coefficient (Wildman–Crippen LogP) is 1.27. The van der Waals surface area contributed by atoms with Gasteiger partial charge >= 0.3 is 11.9 Å². The maximum Gasteiger partial charge on any atom is 0.318 e. The lowest BCUT2D eigenvalue weighted by Crippen LogP contribution is -1.92. The summed E-state index contributed by atoms with van der Waals surface area (Å²) in [4.78, 5) is 27.8. The Kier molecular flexibility index (Phi) is 19.5. The average molecular weight is 243 g/mol. The molecule has 0 aliphatic heterocycles. The van der Waals surface area contributed by atoms with E-state index in [2.05, 4.69) is 0 Å². The molecule has 0 aromatic carbocycles. The maximum absolute atomic E-state index is 9.60. The fraction of sp³-hybridized carbons (Fsp3) is 0.625. The lowest BCUT2D eigenvalue weighted by Gasteiger charge is -1.79. The first kappa shape index (κ1) is 19.3. The fourth-order valence-corrected chi connectivity index (χ4v) is 0.214. The number of carboxylic acid groups (broad SMARTS) is 3. The molecule has 90 valence electrons. The molecule has 0 saturated heterocycles. The molecule has 7 heteroatoms. The molecular formula is C8H15ClO6. The number of hydrogen-bond donors (Lipinski definition) is 3. The van der Waals surface area contributed by atoms with Gasteiger partial charge in [0.2, 0.25) is 0 Å². The van der Waals surface area contributed by atoms with Crippen molar-refractivity contribution in [3.63, 3.8) is 0 Å². The Morgan fingerprint density at radius 2 is 1.33 bits per heavy atom. The third kappa shape index (κ3) is 106. The highest BCUT2D eigenvalue weighted by atomic mass is 35.5. The van der Waals surface area contributed by atoms with Gasteiger partial charge in [-0.25, -0.2) is 0 Å². The topological polar surface area (TPSA) is 112 Å². The van der Waals surface area contributed by atoms with Crippen LogP contribution < -0.4 is 0 Å². The molecule has 0 unspecified atom stereocenters. The number of hydrogen-bond acceptors (Lipinski definition) is 3. The second kappa shape index (κ2) is 15.2. The van der Waals surface area contributed by atoms with Crippen LogP contribution in [-0.4, -0.2) is 39.1 Å². The molecule has 0 aliphatic carbocycles. The zero-order chi connectivity index (χ0) is 12.9. The molecule has 0 radical (unpaired) electrons. The number of aliphatic carboxylic acids is 3. The van der Waals surface area contributed by atoms with E-state index in [1.54, 1.807) is 0 Å². The minimum absolute atomic E-state index is 0.292. The molecule has 0 heterocycles. The van der Waals surface area contributed by atoms with Crippen LogP contribution in [0.5, 0.6) is 0 Å². The Hall–Kier alpha value is -1.30. The monoisotopic (exact) mass is 242 g/mol. The number of carboxylic acids is 3. The summed E-state index contributed by atoms with van der Waals surface area (Å²) in [6.45, 7) is 2.92. The van der Waals surface area contributed by atoms with Crippen LogP contribution in [0.15, 0.2) is 0 Å². The van der Waals surface area contributed by atoms with Gasteiger partial charge in [-0.1, -0.05) is 6.92 Å². The van der Waals surface area contributed by atoms with E-state index in [-0.39, 0.29) is 5.88 Å². The second-order valence-corrected chi connectivity index (χ2v) is 2.46. The molecule has 6 nitrogen and oxygen atoms in total. The third-order valence-electron chi connectivity index (χ3n) is 0.578. The molecule has 0 aromatic heterocycles. The summed E-state index contributed by atoms with van der Waals surface area (Å²) in [6, 6.07) is 0. The highest BCUT2D eigenvalue weighted by molar-refractivity contribution is 6.26. The van der Waals surface area contributed by atoms with E-state index in [9.17, 15) is 9.59 Å². The molecule has 0 saturated carbocycles. The number of carbonyl (C=O) groups is 3. The van der Waals surface area contributed by atoms with Gasteiger partial charge in [-0.2, -0.15) is 0 Å². The molecule has 0 atom stereocenters. The van der Waals surface area contributed by atoms with Crippen molar-refractivity contribution in [1.29, 1.82) is 0 Å². The van der Waals surface area contributed by atoms with E-state index in [0.717, 1.165) is 13.3 Å². The molecule has 0 aliphatic rings. The summed E-state index contributed by atoms with van der Waals surface area (Å²) in [5.74, 6) is -2.83. The lowest BCUT2D eigenvalue weighted by atomic mass is 10.4. The van der Waals surface area contributed by atoms with E-state index in [4.69, 9.17) is 31.7 Å². The van der Waals surface area contributed by atoms with Crippen molar-refractivity contribution in [2.45, 2.75) is 26.7 Å². The largest absolute Gasteiger partial charge is 0.481 e. The molecule has 0 spiro atoms. The van der Waals surface area contributed by atoms with Crippen molar-refractivity contribution in [3.05, 3.63) is 0 Å². The van der Waals surface area contributed by atoms with Gasteiger partial charge in [0.25, 0.3) is 5.97 Å². The van der Waals surface area contributed by atoms with Crippen LogP contribution in [0.2, 0.25) is 0 Å². The third-order valence-corrected chi connectivity index (χ3v) is 0.807. The molecule has 3 N–H and O–H groups in total. The van der Waals surface area contributed by atoms with Gasteiger partial charge in [-0.3, -0.25) is 14.4 Å². The molecule has 15 heavy (non-hydrogen) atoms. The smallest absolute Gasteiger partial charge is 0.318 e. The Bertz CT molecular complexity index is 188. The first-order valence-electron chi connectivity index (χ1n) is 3.96. The van der Waals surface area contributed by atoms with Crippen molar-refractivity contribution in [3.8, 4) is 0 Å². The minimum atomic E-state index is -0.980. The van der Waals surface area contributed by atoms with Crippen LogP contribution in [0.4, 0.5) is 0 Å². The zero-order valence-corrected chi connectivity index (χ0v) is 9.32. The maximum atomic E-state index is 9.60. The summed E-state index contributed by atoms with van der Waals surface area (Å²) >= 11 is 4.74. The summed E-state index contributed by atoms with van der Waals surface area (Å²) in [5.41, 5.74) is 0. The second-order valence-electron chi connectivity index (χ2n) is 2.19. The van der Waals surface area contributed by atoms with E-state index in [1.807, 2.05) is 6.92 Å². The Morgan fingerprint density at radius 1 is 1.07 bits per heavy atom.